The molecule has 0 bridgehead atoms. The Bertz CT molecular complexity index is 598. The molecule has 2 aromatic rings. The number of nitrogens with one attached hydrogen (secondary N) is 1. The second kappa shape index (κ2) is 4.69. The van der Waals surface area contributed by atoms with Crippen LogP contribution in [0.1, 0.15) is 0 Å². The van der Waals surface area contributed by atoms with Gasteiger partial charge >= 0.3 is 0 Å². The summed E-state index contributed by atoms with van der Waals surface area (Å²) in [5.41, 5.74) is 0.522. The van der Waals surface area contributed by atoms with Gasteiger partial charge in [0.15, 0.2) is 0 Å². The van der Waals surface area contributed by atoms with Gasteiger partial charge in [-0.05, 0) is 34.1 Å². The molecule has 2 rings (SSSR count). The van der Waals surface area contributed by atoms with Gasteiger partial charge in [0.25, 0.3) is 5.56 Å². The highest BCUT2D eigenvalue weighted by Crippen LogP contribution is 2.28. The molecule has 0 atom stereocenters. The molecule has 1 aromatic carbocycles. The fourth-order valence-electron chi connectivity index (χ4n) is 1.20. The number of aromatic nitrogens is 2. The molecule has 0 aliphatic heterocycles. The maximum absolute atomic E-state index is 11.4. The van der Waals surface area contributed by atoms with Crippen LogP contribution in [0, 0.1) is 0 Å². The topological polar surface area (TPSA) is 45.8 Å². The van der Waals surface area contributed by atoms with E-state index in [0.29, 0.717) is 15.3 Å². The van der Waals surface area contributed by atoms with Crippen LogP contribution in [0.2, 0.25) is 5.02 Å². The molecule has 0 saturated carbocycles. The van der Waals surface area contributed by atoms with Gasteiger partial charge < -0.3 is 4.98 Å². The first-order valence-electron chi connectivity index (χ1n) is 4.28. The largest absolute Gasteiger partial charge is 0.306 e. The van der Waals surface area contributed by atoms with Crippen molar-refractivity contribution in [1.29, 1.82) is 0 Å². The molecule has 0 aliphatic rings. The first kappa shape index (κ1) is 11.8. The van der Waals surface area contributed by atoms with Gasteiger partial charge in [0, 0.05) is 21.3 Å². The molecule has 1 N–H and O–H groups in total. The fraction of sp³-hybridized carbons (Fsp3) is 0. The van der Waals surface area contributed by atoms with Crippen LogP contribution in [0.4, 0.5) is 0 Å². The third-order valence-electron chi connectivity index (χ3n) is 1.94. The molecule has 0 spiro atoms. The Morgan fingerprint density at radius 3 is 2.69 bits per heavy atom. The summed E-state index contributed by atoms with van der Waals surface area (Å²) in [6.07, 6.45) is 1.46. The molecule has 0 unspecified atom stereocenters. The van der Waals surface area contributed by atoms with Crippen molar-refractivity contribution in [3.63, 3.8) is 0 Å². The predicted molar refractivity (Wildman–Crippen MR) is 70.7 cm³/mol. The van der Waals surface area contributed by atoms with E-state index in [-0.39, 0.29) is 5.56 Å². The third kappa shape index (κ3) is 2.36. The molecule has 1 aromatic heterocycles. The van der Waals surface area contributed by atoms with E-state index >= 15 is 0 Å². The van der Waals surface area contributed by atoms with E-state index in [0.717, 1.165) is 10.0 Å². The minimum Gasteiger partial charge on any atom is -0.306 e. The lowest BCUT2D eigenvalue weighted by Gasteiger charge is -2.04. The van der Waals surface area contributed by atoms with Gasteiger partial charge in [-0.2, -0.15) is 0 Å². The SMILES string of the molecule is O=c1[nH]c(-c2cc(Cl)ccc2Br)ncc1Br. The lowest BCUT2D eigenvalue weighted by molar-refractivity contribution is 1.11. The van der Waals surface area contributed by atoms with Crippen molar-refractivity contribution in [2.75, 3.05) is 0 Å². The number of nitrogens with zero attached hydrogens (tertiary/aromatic N) is 1. The molecule has 0 radical (unpaired) electrons. The van der Waals surface area contributed by atoms with Crippen molar-refractivity contribution >= 4 is 43.5 Å². The minimum absolute atomic E-state index is 0.225. The van der Waals surface area contributed by atoms with Gasteiger partial charge in [0.1, 0.15) is 10.3 Å². The van der Waals surface area contributed by atoms with Gasteiger partial charge in [-0.3, -0.25) is 4.79 Å². The van der Waals surface area contributed by atoms with E-state index in [1.807, 2.05) is 0 Å². The molecular formula is C10H5Br2ClN2O. The van der Waals surface area contributed by atoms with Crippen LogP contribution in [0.15, 0.2) is 38.1 Å². The van der Waals surface area contributed by atoms with Crippen LogP contribution in [-0.2, 0) is 0 Å². The Hall–Kier alpha value is -0.650. The summed E-state index contributed by atoms with van der Waals surface area (Å²) >= 11 is 12.4. The Morgan fingerprint density at radius 2 is 2.00 bits per heavy atom. The quantitative estimate of drug-likeness (QED) is 0.840. The molecule has 1 heterocycles. The van der Waals surface area contributed by atoms with Gasteiger partial charge in [-0.15, -0.1) is 0 Å². The lowest BCUT2D eigenvalue weighted by atomic mass is 10.2. The highest BCUT2D eigenvalue weighted by Gasteiger charge is 2.07. The molecule has 0 saturated heterocycles. The third-order valence-corrected chi connectivity index (χ3v) is 3.43. The zero-order chi connectivity index (χ0) is 11.7. The summed E-state index contributed by atoms with van der Waals surface area (Å²) in [5, 5.41) is 0.587. The number of halogens is 3. The smallest absolute Gasteiger partial charge is 0.265 e. The standard InChI is InChI=1S/C10H5Br2ClN2O/c11-7-2-1-5(13)3-6(7)9-14-4-8(12)10(16)15-9/h1-4H,(H,14,15,16). The number of benzene rings is 1. The second-order valence-corrected chi connectivity index (χ2v) is 5.18. The number of rotatable bonds is 1. The van der Waals surface area contributed by atoms with Crippen LogP contribution in [0.25, 0.3) is 11.4 Å². The van der Waals surface area contributed by atoms with Crippen molar-refractivity contribution in [3.05, 3.63) is 48.7 Å². The van der Waals surface area contributed by atoms with Crippen molar-refractivity contribution < 1.29 is 0 Å². The van der Waals surface area contributed by atoms with Crippen molar-refractivity contribution in [1.82, 2.24) is 9.97 Å². The van der Waals surface area contributed by atoms with Gasteiger partial charge in [0.2, 0.25) is 0 Å². The Balaban J connectivity index is 2.63. The normalized spacial score (nSPS) is 10.4. The Kier molecular flexibility index (Phi) is 3.47. The average Bonchev–Trinajstić information content (AvgIpc) is 2.26. The van der Waals surface area contributed by atoms with Crippen molar-refractivity contribution in [3.8, 4) is 11.4 Å². The zero-order valence-electron chi connectivity index (χ0n) is 7.80. The monoisotopic (exact) mass is 362 g/mol. The minimum atomic E-state index is -0.225. The first-order valence-corrected chi connectivity index (χ1v) is 6.24. The zero-order valence-corrected chi connectivity index (χ0v) is 11.7. The molecule has 16 heavy (non-hydrogen) atoms. The summed E-state index contributed by atoms with van der Waals surface area (Å²) in [6, 6.07) is 5.30. The summed E-state index contributed by atoms with van der Waals surface area (Å²) in [4.78, 5) is 18.2. The van der Waals surface area contributed by atoms with Crippen LogP contribution in [0.3, 0.4) is 0 Å². The molecule has 6 heteroatoms. The van der Waals surface area contributed by atoms with Crippen molar-refractivity contribution in [2.45, 2.75) is 0 Å². The number of hydrogen-bond donors (Lipinski definition) is 1. The molecule has 0 fully saturated rings. The summed E-state index contributed by atoms with van der Waals surface area (Å²) in [6.45, 7) is 0. The Labute approximate surface area is 113 Å². The van der Waals surface area contributed by atoms with E-state index in [1.54, 1.807) is 18.2 Å². The van der Waals surface area contributed by atoms with Crippen LogP contribution < -0.4 is 5.56 Å². The van der Waals surface area contributed by atoms with E-state index in [9.17, 15) is 4.79 Å². The summed E-state index contributed by atoms with van der Waals surface area (Å²) in [7, 11) is 0. The average molecular weight is 364 g/mol. The van der Waals surface area contributed by atoms with Crippen LogP contribution in [0.5, 0.6) is 0 Å². The van der Waals surface area contributed by atoms with Gasteiger partial charge in [0.05, 0.1) is 0 Å². The number of aromatic amines is 1. The first-order chi connectivity index (χ1) is 7.58. The second-order valence-electron chi connectivity index (χ2n) is 3.03. The molecule has 0 amide bonds. The fourth-order valence-corrected chi connectivity index (χ4v) is 2.00. The van der Waals surface area contributed by atoms with Crippen LogP contribution >= 0.6 is 43.5 Å². The van der Waals surface area contributed by atoms with Gasteiger partial charge in [-0.1, -0.05) is 27.5 Å². The maximum atomic E-state index is 11.4. The van der Waals surface area contributed by atoms with E-state index < -0.39 is 0 Å². The van der Waals surface area contributed by atoms with Crippen LogP contribution in [-0.4, -0.2) is 9.97 Å². The summed E-state index contributed by atoms with van der Waals surface area (Å²) in [5.74, 6) is 0.475. The molecule has 0 aliphatic carbocycles. The highest BCUT2D eigenvalue weighted by atomic mass is 79.9. The highest BCUT2D eigenvalue weighted by molar-refractivity contribution is 9.10. The summed E-state index contributed by atoms with van der Waals surface area (Å²) < 4.78 is 1.22. The number of hydrogen-bond acceptors (Lipinski definition) is 2. The molecule has 82 valence electrons. The Morgan fingerprint density at radius 1 is 1.25 bits per heavy atom. The lowest BCUT2D eigenvalue weighted by Crippen LogP contribution is -2.09. The van der Waals surface area contributed by atoms with E-state index in [4.69, 9.17) is 11.6 Å². The maximum Gasteiger partial charge on any atom is 0.265 e. The molecule has 3 nitrogen and oxygen atoms in total. The predicted octanol–water partition coefficient (Wildman–Crippen LogP) is 3.62. The van der Waals surface area contributed by atoms with Crippen molar-refractivity contribution in [2.24, 2.45) is 0 Å². The van der Waals surface area contributed by atoms with Gasteiger partial charge in [-0.25, -0.2) is 4.98 Å². The molecular weight excluding hydrogens is 359 g/mol. The number of H-pyrrole nitrogens is 1. The van der Waals surface area contributed by atoms with E-state index in [1.165, 1.54) is 6.20 Å². The van der Waals surface area contributed by atoms with E-state index in [2.05, 4.69) is 41.8 Å².